The molecule has 0 saturated carbocycles. The molecule has 7 nitrogen and oxygen atoms in total. The maximum atomic E-state index is 12.4. The number of ketones is 1. The largest absolute Gasteiger partial charge is 0.478 e. The van der Waals surface area contributed by atoms with Crippen LogP contribution in [-0.2, 0) is 4.79 Å². The second-order valence-electron chi connectivity index (χ2n) is 6.35. The highest BCUT2D eigenvalue weighted by atomic mass is 16.4. The third-order valence-corrected chi connectivity index (χ3v) is 4.22. The number of benzene rings is 2. The van der Waals surface area contributed by atoms with Crippen molar-refractivity contribution in [1.82, 2.24) is 0 Å². The highest BCUT2D eigenvalue weighted by Gasteiger charge is 2.13. The molecule has 2 N–H and O–H groups in total. The number of rotatable bonds is 6. The molecule has 1 heterocycles. The van der Waals surface area contributed by atoms with Crippen LogP contribution < -0.4 is 5.32 Å². The van der Waals surface area contributed by atoms with Gasteiger partial charge in [0.05, 0.1) is 5.56 Å². The van der Waals surface area contributed by atoms with Gasteiger partial charge in [0, 0.05) is 22.9 Å². The van der Waals surface area contributed by atoms with Gasteiger partial charge in [-0.05, 0) is 37.3 Å². The summed E-state index contributed by atoms with van der Waals surface area (Å²) >= 11 is 0. The summed E-state index contributed by atoms with van der Waals surface area (Å²) in [7, 11) is 0. The first kappa shape index (κ1) is 20.3. The van der Waals surface area contributed by atoms with E-state index in [1.165, 1.54) is 37.3 Å². The van der Waals surface area contributed by atoms with Gasteiger partial charge in [-0.1, -0.05) is 30.3 Å². The van der Waals surface area contributed by atoms with E-state index >= 15 is 0 Å². The predicted octanol–water partition coefficient (Wildman–Crippen LogP) is 4.39. The van der Waals surface area contributed by atoms with Gasteiger partial charge in [0.1, 0.15) is 23.2 Å². The standard InChI is InChI=1S/C23H16N2O5/c1-14(26)15-5-7-16(8-6-15)21-10-9-20(30-21)12-18(13-24)22(27)25-19-4-2-3-17(11-19)23(28)29/h2-12H,1H3,(H,25,27)(H,28,29)/b18-12-. The number of nitrogens with zero attached hydrogens (tertiary/aromatic N) is 1. The van der Waals surface area contributed by atoms with E-state index in [9.17, 15) is 19.6 Å². The summed E-state index contributed by atoms with van der Waals surface area (Å²) in [5.41, 5.74) is 1.39. The molecule has 1 aromatic heterocycles. The molecule has 3 aromatic rings. The van der Waals surface area contributed by atoms with E-state index in [4.69, 9.17) is 9.52 Å². The van der Waals surface area contributed by atoms with Crippen molar-refractivity contribution in [2.75, 3.05) is 5.32 Å². The molecule has 0 aliphatic heterocycles. The molecule has 0 aliphatic rings. The number of nitriles is 1. The first-order valence-electron chi connectivity index (χ1n) is 8.85. The first-order chi connectivity index (χ1) is 14.4. The Morgan fingerprint density at radius 1 is 1.03 bits per heavy atom. The molecule has 148 valence electrons. The Morgan fingerprint density at radius 2 is 1.77 bits per heavy atom. The van der Waals surface area contributed by atoms with Gasteiger partial charge in [-0.15, -0.1) is 0 Å². The van der Waals surface area contributed by atoms with E-state index < -0.39 is 11.9 Å². The summed E-state index contributed by atoms with van der Waals surface area (Å²) in [4.78, 5) is 34.8. The number of Topliss-reactive ketones (excluding diaryl/α,β-unsaturated/α-hetero) is 1. The van der Waals surface area contributed by atoms with Crippen molar-refractivity contribution in [3.63, 3.8) is 0 Å². The zero-order chi connectivity index (χ0) is 21.7. The molecular weight excluding hydrogens is 384 g/mol. The summed E-state index contributed by atoms with van der Waals surface area (Å²) < 4.78 is 5.68. The van der Waals surface area contributed by atoms with E-state index in [1.54, 1.807) is 36.4 Å². The maximum Gasteiger partial charge on any atom is 0.335 e. The van der Waals surface area contributed by atoms with Crippen LogP contribution in [0.5, 0.6) is 0 Å². The lowest BCUT2D eigenvalue weighted by molar-refractivity contribution is -0.112. The summed E-state index contributed by atoms with van der Waals surface area (Å²) in [5, 5.41) is 20.9. The minimum atomic E-state index is -1.12. The van der Waals surface area contributed by atoms with Crippen LogP contribution in [0.3, 0.4) is 0 Å². The zero-order valence-electron chi connectivity index (χ0n) is 15.9. The van der Waals surface area contributed by atoms with Gasteiger partial charge in [0.25, 0.3) is 5.91 Å². The van der Waals surface area contributed by atoms with Gasteiger partial charge in [-0.2, -0.15) is 5.26 Å². The van der Waals surface area contributed by atoms with Crippen LogP contribution in [0.15, 0.2) is 70.7 Å². The Bertz CT molecular complexity index is 1200. The molecule has 0 bridgehead atoms. The molecule has 0 unspecified atom stereocenters. The van der Waals surface area contributed by atoms with Crippen molar-refractivity contribution in [3.05, 3.63) is 83.1 Å². The van der Waals surface area contributed by atoms with Gasteiger partial charge in [-0.3, -0.25) is 9.59 Å². The van der Waals surface area contributed by atoms with Crippen molar-refractivity contribution < 1.29 is 23.9 Å². The second-order valence-corrected chi connectivity index (χ2v) is 6.35. The normalized spacial score (nSPS) is 10.9. The van der Waals surface area contributed by atoms with Crippen LogP contribution in [0.1, 0.15) is 33.4 Å². The number of furan rings is 1. The molecule has 30 heavy (non-hydrogen) atoms. The Morgan fingerprint density at radius 3 is 2.40 bits per heavy atom. The number of carbonyl (C=O) groups excluding carboxylic acids is 2. The fourth-order valence-electron chi connectivity index (χ4n) is 2.67. The van der Waals surface area contributed by atoms with Gasteiger partial charge in [0.15, 0.2) is 5.78 Å². The van der Waals surface area contributed by atoms with Crippen molar-refractivity contribution in [1.29, 1.82) is 5.26 Å². The molecular formula is C23H16N2O5. The zero-order valence-corrected chi connectivity index (χ0v) is 15.9. The number of hydrogen-bond acceptors (Lipinski definition) is 5. The SMILES string of the molecule is CC(=O)c1ccc(-c2ccc(/C=C(/C#N)C(=O)Nc3cccc(C(=O)O)c3)o2)cc1. The smallest absolute Gasteiger partial charge is 0.335 e. The predicted molar refractivity (Wildman–Crippen MR) is 110 cm³/mol. The topological polar surface area (TPSA) is 120 Å². The van der Waals surface area contributed by atoms with E-state index in [-0.39, 0.29) is 22.6 Å². The van der Waals surface area contributed by atoms with E-state index in [0.29, 0.717) is 17.1 Å². The quantitative estimate of drug-likeness (QED) is 0.360. The van der Waals surface area contributed by atoms with E-state index in [0.717, 1.165) is 5.56 Å². The molecule has 2 aromatic carbocycles. The lowest BCUT2D eigenvalue weighted by Gasteiger charge is -2.05. The van der Waals surface area contributed by atoms with E-state index in [2.05, 4.69) is 5.32 Å². The molecule has 0 saturated heterocycles. The third kappa shape index (κ3) is 4.69. The fraction of sp³-hybridized carbons (Fsp3) is 0.0435. The fourth-order valence-corrected chi connectivity index (χ4v) is 2.67. The molecule has 1 amide bonds. The molecule has 0 radical (unpaired) electrons. The summed E-state index contributed by atoms with van der Waals surface area (Å²) in [6, 6.07) is 17.7. The number of nitrogens with one attached hydrogen (secondary N) is 1. The average Bonchev–Trinajstić information content (AvgIpc) is 3.20. The molecule has 0 spiro atoms. The molecule has 0 aliphatic carbocycles. The highest BCUT2D eigenvalue weighted by Crippen LogP contribution is 2.24. The molecule has 7 heteroatoms. The van der Waals surface area contributed by atoms with Crippen LogP contribution in [0.25, 0.3) is 17.4 Å². The number of anilines is 1. The van der Waals surface area contributed by atoms with Crippen LogP contribution in [0, 0.1) is 11.3 Å². The lowest BCUT2D eigenvalue weighted by atomic mass is 10.1. The van der Waals surface area contributed by atoms with Crippen LogP contribution in [0.2, 0.25) is 0 Å². The number of amides is 1. The van der Waals surface area contributed by atoms with Crippen LogP contribution in [0.4, 0.5) is 5.69 Å². The third-order valence-electron chi connectivity index (χ3n) is 4.22. The summed E-state index contributed by atoms with van der Waals surface area (Å²) in [6.45, 7) is 1.48. The monoisotopic (exact) mass is 400 g/mol. The Balaban J connectivity index is 1.78. The Hall–Kier alpha value is -4.44. The van der Waals surface area contributed by atoms with Gasteiger partial charge < -0.3 is 14.8 Å². The van der Waals surface area contributed by atoms with Gasteiger partial charge in [0.2, 0.25) is 0 Å². The minimum absolute atomic E-state index is 0.0155. The minimum Gasteiger partial charge on any atom is -0.478 e. The van der Waals surface area contributed by atoms with Crippen LogP contribution in [-0.4, -0.2) is 22.8 Å². The van der Waals surface area contributed by atoms with Crippen LogP contribution >= 0.6 is 0 Å². The number of aromatic carboxylic acids is 1. The lowest BCUT2D eigenvalue weighted by Crippen LogP contribution is -2.13. The van der Waals surface area contributed by atoms with E-state index in [1.807, 2.05) is 6.07 Å². The Kier molecular flexibility index (Phi) is 5.89. The van der Waals surface area contributed by atoms with Crippen molar-refractivity contribution in [2.45, 2.75) is 6.92 Å². The van der Waals surface area contributed by atoms with Crippen molar-refractivity contribution >= 4 is 29.4 Å². The molecule has 0 atom stereocenters. The number of carbonyl (C=O) groups is 3. The highest BCUT2D eigenvalue weighted by molar-refractivity contribution is 6.09. The first-order valence-corrected chi connectivity index (χ1v) is 8.85. The molecule has 3 rings (SSSR count). The maximum absolute atomic E-state index is 12.4. The van der Waals surface area contributed by atoms with Gasteiger partial charge >= 0.3 is 5.97 Å². The van der Waals surface area contributed by atoms with Crippen molar-refractivity contribution in [2.24, 2.45) is 0 Å². The number of carboxylic acids is 1. The van der Waals surface area contributed by atoms with Gasteiger partial charge in [-0.25, -0.2) is 4.79 Å². The Labute approximate surface area is 171 Å². The van der Waals surface area contributed by atoms with Crippen molar-refractivity contribution in [3.8, 4) is 17.4 Å². The second kappa shape index (κ2) is 8.71. The average molecular weight is 400 g/mol. The summed E-state index contributed by atoms with van der Waals surface area (Å²) in [6.07, 6.45) is 1.30. The summed E-state index contributed by atoms with van der Waals surface area (Å²) in [5.74, 6) is -1.04. The molecule has 0 fully saturated rings. The number of carboxylic acid groups (broad SMARTS) is 1. The number of hydrogen-bond donors (Lipinski definition) is 2.